The maximum Gasteiger partial charge on any atom is 0.220 e. The first-order chi connectivity index (χ1) is 14.0. The van der Waals surface area contributed by atoms with Crippen molar-refractivity contribution in [3.63, 3.8) is 0 Å². The third-order valence-electron chi connectivity index (χ3n) is 7.89. The van der Waals surface area contributed by atoms with Gasteiger partial charge in [-0.2, -0.15) is 4.80 Å². The normalized spacial score (nSPS) is 37.6. The molecule has 4 saturated carbocycles. The van der Waals surface area contributed by atoms with Gasteiger partial charge in [-0.1, -0.05) is 0 Å². The Hall–Kier alpha value is -1.54. The van der Waals surface area contributed by atoms with Gasteiger partial charge in [0.25, 0.3) is 0 Å². The van der Waals surface area contributed by atoms with Crippen LogP contribution in [0.3, 0.4) is 0 Å². The van der Waals surface area contributed by atoms with E-state index in [-0.39, 0.29) is 16.9 Å². The Kier molecular flexibility index (Phi) is 4.89. The van der Waals surface area contributed by atoms with Crippen molar-refractivity contribution in [2.24, 2.45) is 17.3 Å². The van der Waals surface area contributed by atoms with Crippen molar-refractivity contribution in [3.05, 3.63) is 5.82 Å². The molecule has 160 valence electrons. The number of carbonyl (C=O) groups excluding carboxylic acids is 1. The van der Waals surface area contributed by atoms with Crippen molar-refractivity contribution in [1.29, 1.82) is 0 Å². The van der Waals surface area contributed by atoms with Crippen LogP contribution in [0.25, 0.3) is 0 Å². The van der Waals surface area contributed by atoms with Crippen molar-refractivity contribution in [2.45, 2.75) is 70.4 Å². The van der Waals surface area contributed by atoms with E-state index in [1.165, 1.54) is 19.3 Å². The number of rotatable bonds is 6. The van der Waals surface area contributed by atoms with Gasteiger partial charge in [0.1, 0.15) is 0 Å². The lowest BCUT2D eigenvalue weighted by Crippen LogP contribution is -2.58. The van der Waals surface area contributed by atoms with Gasteiger partial charge in [-0.25, -0.2) is 0 Å². The number of carbonyl (C=O) groups is 1. The van der Waals surface area contributed by atoms with Crippen LogP contribution in [0.4, 0.5) is 0 Å². The van der Waals surface area contributed by atoms with Gasteiger partial charge in [-0.3, -0.25) is 9.69 Å². The van der Waals surface area contributed by atoms with E-state index in [4.69, 9.17) is 4.74 Å². The highest BCUT2D eigenvalue weighted by Crippen LogP contribution is 2.65. The molecule has 1 saturated heterocycles. The summed E-state index contributed by atoms with van der Waals surface area (Å²) in [7, 11) is 0. The number of amides is 1. The van der Waals surface area contributed by atoms with Gasteiger partial charge in [0.2, 0.25) is 5.91 Å². The summed E-state index contributed by atoms with van der Waals surface area (Å²) in [5.41, 5.74) is 0.0879. The molecule has 0 aromatic carbocycles. The Morgan fingerprint density at radius 2 is 1.97 bits per heavy atom. The molecule has 1 aromatic heterocycles. The minimum absolute atomic E-state index is 0.0211. The van der Waals surface area contributed by atoms with Crippen LogP contribution in [0.15, 0.2) is 0 Å². The van der Waals surface area contributed by atoms with Gasteiger partial charge in [0.15, 0.2) is 5.82 Å². The molecule has 5 fully saturated rings. The molecule has 1 aliphatic heterocycles. The van der Waals surface area contributed by atoms with Gasteiger partial charge in [0, 0.05) is 32.1 Å². The molecule has 4 aliphatic carbocycles. The predicted molar refractivity (Wildman–Crippen MR) is 107 cm³/mol. The fraction of sp³-hybridized carbons (Fsp3) is 0.905. The van der Waals surface area contributed by atoms with Crippen molar-refractivity contribution in [3.8, 4) is 0 Å². The average Bonchev–Trinajstić information content (AvgIpc) is 3.13. The number of morpholine rings is 1. The topological polar surface area (TPSA) is 85.2 Å². The molecule has 0 radical (unpaired) electrons. The minimum Gasteiger partial charge on any atom is -0.379 e. The van der Waals surface area contributed by atoms with Gasteiger partial charge in [0.05, 0.1) is 18.8 Å². The number of hydrogen-bond acceptors (Lipinski definition) is 6. The number of aromatic nitrogens is 4. The maximum atomic E-state index is 13.0. The summed E-state index contributed by atoms with van der Waals surface area (Å²) in [6.45, 7) is 8.32. The van der Waals surface area contributed by atoms with Crippen molar-refractivity contribution in [1.82, 2.24) is 30.4 Å². The molecule has 2 heterocycles. The summed E-state index contributed by atoms with van der Waals surface area (Å²) in [5.74, 6) is 2.35. The van der Waals surface area contributed by atoms with E-state index in [1.54, 1.807) is 0 Å². The molecule has 29 heavy (non-hydrogen) atoms. The van der Waals surface area contributed by atoms with E-state index in [0.717, 1.165) is 57.9 Å². The van der Waals surface area contributed by atoms with E-state index in [1.807, 2.05) is 11.7 Å². The second-order valence-corrected chi connectivity index (χ2v) is 10.3. The first-order valence-electron chi connectivity index (χ1n) is 11.3. The zero-order valence-corrected chi connectivity index (χ0v) is 17.8. The zero-order valence-electron chi connectivity index (χ0n) is 17.8. The molecule has 6 rings (SSSR count). The average molecular weight is 403 g/mol. The Morgan fingerprint density at radius 1 is 1.24 bits per heavy atom. The number of aryl methyl sites for hydroxylation is 1. The predicted octanol–water partition coefficient (Wildman–Crippen LogP) is 1.50. The van der Waals surface area contributed by atoms with E-state index in [2.05, 4.69) is 32.6 Å². The van der Waals surface area contributed by atoms with Crippen LogP contribution in [0.1, 0.15) is 57.7 Å². The minimum atomic E-state index is -0.0211. The molecule has 3 unspecified atom stereocenters. The summed E-state index contributed by atoms with van der Waals surface area (Å²) in [6.07, 6.45) is 7.65. The van der Waals surface area contributed by atoms with E-state index in [9.17, 15) is 4.79 Å². The highest BCUT2D eigenvalue weighted by Gasteiger charge is 2.59. The number of tetrazole rings is 1. The third kappa shape index (κ3) is 3.69. The van der Waals surface area contributed by atoms with E-state index in [0.29, 0.717) is 24.3 Å². The number of hydrogen-bond donors (Lipinski definition) is 1. The quantitative estimate of drug-likeness (QED) is 0.776. The van der Waals surface area contributed by atoms with Crippen LogP contribution in [-0.4, -0.2) is 69.9 Å². The lowest BCUT2D eigenvalue weighted by Gasteiger charge is -2.61. The molecule has 4 bridgehead atoms. The molecule has 1 amide bonds. The highest BCUT2D eigenvalue weighted by molar-refractivity contribution is 5.76. The van der Waals surface area contributed by atoms with E-state index < -0.39 is 0 Å². The Balaban J connectivity index is 1.24. The van der Waals surface area contributed by atoms with Crippen LogP contribution in [0, 0.1) is 24.2 Å². The molecule has 3 atom stereocenters. The fourth-order valence-corrected chi connectivity index (χ4v) is 7.14. The number of nitrogens with one attached hydrogen (secondary N) is 1. The van der Waals surface area contributed by atoms with Crippen LogP contribution in [0.5, 0.6) is 0 Å². The summed E-state index contributed by atoms with van der Waals surface area (Å²) < 4.78 is 5.44. The molecular weight excluding hydrogens is 368 g/mol. The summed E-state index contributed by atoms with van der Waals surface area (Å²) in [4.78, 5) is 17.3. The monoisotopic (exact) mass is 402 g/mol. The Morgan fingerprint density at radius 3 is 2.62 bits per heavy atom. The van der Waals surface area contributed by atoms with Crippen LogP contribution >= 0.6 is 0 Å². The van der Waals surface area contributed by atoms with Crippen LogP contribution in [0.2, 0.25) is 0 Å². The third-order valence-corrected chi connectivity index (χ3v) is 7.89. The molecular formula is C21H34N6O2. The standard InChI is InChI=1S/C21H34N6O2/c1-15(26-3-5-29-6-4-26)13-22-19(28)12-20-8-17-7-18(9-20)11-21(10-17,14-20)27-24-16(2)23-25-27/h15,17-18H,3-14H2,1-2H3,(H,22,28). The van der Waals surface area contributed by atoms with Crippen molar-refractivity contribution < 1.29 is 9.53 Å². The van der Waals surface area contributed by atoms with Crippen LogP contribution < -0.4 is 5.32 Å². The molecule has 8 heteroatoms. The zero-order chi connectivity index (χ0) is 20.1. The molecule has 5 aliphatic rings. The Labute approximate surface area is 172 Å². The second-order valence-electron chi connectivity index (χ2n) is 10.3. The van der Waals surface area contributed by atoms with Gasteiger partial charge in [-0.15, -0.1) is 10.2 Å². The largest absolute Gasteiger partial charge is 0.379 e. The van der Waals surface area contributed by atoms with Crippen molar-refractivity contribution >= 4 is 5.91 Å². The van der Waals surface area contributed by atoms with E-state index >= 15 is 0 Å². The highest BCUT2D eigenvalue weighted by atomic mass is 16.5. The van der Waals surface area contributed by atoms with Gasteiger partial charge >= 0.3 is 0 Å². The lowest BCUT2D eigenvalue weighted by molar-refractivity contribution is -0.139. The maximum absolute atomic E-state index is 13.0. The van der Waals surface area contributed by atoms with Gasteiger partial charge in [-0.05, 0) is 74.8 Å². The summed E-state index contributed by atoms with van der Waals surface area (Å²) in [5, 5.41) is 16.4. The Bertz CT molecular complexity index is 744. The SMILES string of the molecule is Cc1nnn(C23CC4CC(CC(CC(=O)NCC(C)N5CCOCC5)(C4)C2)C3)n1. The first-order valence-corrected chi connectivity index (χ1v) is 11.3. The molecule has 8 nitrogen and oxygen atoms in total. The smallest absolute Gasteiger partial charge is 0.220 e. The summed E-state index contributed by atoms with van der Waals surface area (Å²) >= 11 is 0. The molecule has 0 spiro atoms. The molecule has 1 aromatic rings. The van der Waals surface area contributed by atoms with Crippen LogP contribution in [-0.2, 0) is 15.1 Å². The summed E-state index contributed by atoms with van der Waals surface area (Å²) in [6, 6.07) is 0.355. The second kappa shape index (κ2) is 7.30. The van der Waals surface area contributed by atoms with Crippen molar-refractivity contribution in [2.75, 3.05) is 32.8 Å². The number of ether oxygens (including phenoxy) is 1. The fourth-order valence-electron chi connectivity index (χ4n) is 7.14. The molecule has 1 N–H and O–H groups in total. The first kappa shape index (κ1) is 19.4. The lowest BCUT2D eigenvalue weighted by atomic mass is 9.46. The van der Waals surface area contributed by atoms with Gasteiger partial charge < -0.3 is 10.1 Å². The number of nitrogens with zero attached hydrogens (tertiary/aromatic N) is 5.